The number of hydrogen-bond acceptors (Lipinski definition) is 4. The summed E-state index contributed by atoms with van der Waals surface area (Å²) in [5.74, 6) is -2.32. The molecule has 1 amide bonds. The minimum absolute atomic E-state index is 0.275. The minimum atomic E-state index is -1.07. The molecule has 0 unspecified atom stereocenters. The van der Waals surface area contributed by atoms with Crippen LogP contribution in [-0.2, 0) is 16.9 Å². The van der Waals surface area contributed by atoms with Gasteiger partial charge in [-0.2, -0.15) is 0 Å². The van der Waals surface area contributed by atoms with Gasteiger partial charge in [0.1, 0.15) is 5.54 Å². The van der Waals surface area contributed by atoms with Crippen molar-refractivity contribution < 1.29 is 13.6 Å². The lowest BCUT2D eigenvalue weighted by atomic mass is 9.91. The molecule has 1 aliphatic rings. The minimum Gasteiger partial charge on any atom is -0.368 e. The summed E-state index contributed by atoms with van der Waals surface area (Å²) in [6.07, 6.45) is 5.82. The van der Waals surface area contributed by atoms with Crippen molar-refractivity contribution in [2.24, 2.45) is 5.73 Å². The lowest BCUT2D eigenvalue weighted by molar-refractivity contribution is -0.129. The van der Waals surface area contributed by atoms with Crippen LogP contribution >= 0.6 is 0 Å². The number of primary amides is 1. The van der Waals surface area contributed by atoms with Gasteiger partial charge in [0, 0.05) is 18.9 Å². The number of aromatic nitrogens is 2. The van der Waals surface area contributed by atoms with E-state index in [-0.39, 0.29) is 6.54 Å². The fraction of sp³-hybridized carbons (Fsp3) is 0.312. The average molecular weight is 318 g/mol. The van der Waals surface area contributed by atoms with Gasteiger partial charge in [-0.05, 0) is 37.1 Å². The number of hydrogen-bond donors (Lipinski definition) is 1. The van der Waals surface area contributed by atoms with E-state index < -0.39 is 23.1 Å². The zero-order valence-electron chi connectivity index (χ0n) is 12.4. The predicted molar refractivity (Wildman–Crippen MR) is 78.9 cm³/mol. The average Bonchev–Trinajstić information content (AvgIpc) is 2.96. The standard InChI is InChI=1S/C16H16F2N4O/c17-12-3-2-11(8-13(12)18)10-22-7-1-4-16(22,15(19)23)14-9-20-5-6-21-14/h2-3,5-6,8-9H,1,4,7,10H2,(H2,19,23)/t16-/m0/s1. The summed E-state index contributed by atoms with van der Waals surface area (Å²) in [6.45, 7) is 0.884. The first kappa shape index (κ1) is 15.5. The summed E-state index contributed by atoms with van der Waals surface area (Å²) in [6, 6.07) is 3.71. The third kappa shape index (κ3) is 2.68. The fourth-order valence-electron chi connectivity index (χ4n) is 3.16. The Labute approximate surface area is 132 Å². The van der Waals surface area contributed by atoms with Crippen molar-refractivity contribution in [1.82, 2.24) is 14.9 Å². The topological polar surface area (TPSA) is 72.1 Å². The summed E-state index contributed by atoms with van der Waals surface area (Å²) in [7, 11) is 0. The monoisotopic (exact) mass is 318 g/mol. The van der Waals surface area contributed by atoms with Gasteiger partial charge in [0.05, 0.1) is 11.9 Å². The maximum absolute atomic E-state index is 13.4. The highest BCUT2D eigenvalue weighted by Gasteiger charge is 2.48. The van der Waals surface area contributed by atoms with Gasteiger partial charge in [0.25, 0.3) is 0 Å². The molecule has 0 aliphatic carbocycles. The zero-order valence-corrected chi connectivity index (χ0v) is 12.4. The lowest BCUT2D eigenvalue weighted by Gasteiger charge is -2.35. The Morgan fingerprint density at radius 3 is 2.78 bits per heavy atom. The van der Waals surface area contributed by atoms with Crippen molar-refractivity contribution in [3.05, 3.63) is 59.7 Å². The van der Waals surface area contributed by atoms with Crippen LogP contribution in [0.5, 0.6) is 0 Å². The number of likely N-dealkylation sites (tertiary alicyclic amines) is 1. The van der Waals surface area contributed by atoms with Gasteiger partial charge in [0.2, 0.25) is 5.91 Å². The van der Waals surface area contributed by atoms with E-state index in [4.69, 9.17) is 5.73 Å². The number of nitrogens with two attached hydrogens (primary N) is 1. The molecular weight excluding hydrogens is 302 g/mol. The number of rotatable bonds is 4. The Morgan fingerprint density at radius 2 is 2.13 bits per heavy atom. The van der Waals surface area contributed by atoms with Crippen molar-refractivity contribution in [2.75, 3.05) is 6.54 Å². The summed E-state index contributed by atoms with van der Waals surface area (Å²) >= 11 is 0. The van der Waals surface area contributed by atoms with Crippen molar-refractivity contribution >= 4 is 5.91 Å². The Bertz CT molecular complexity index is 725. The van der Waals surface area contributed by atoms with Gasteiger partial charge < -0.3 is 5.73 Å². The molecule has 2 heterocycles. The number of amides is 1. The Kier molecular flexibility index (Phi) is 4.04. The molecule has 5 nitrogen and oxygen atoms in total. The van der Waals surface area contributed by atoms with Crippen LogP contribution in [0, 0.1) is 11.6 Å². The third-order valence-electron chi connectivity index (χ3n) is 4.26. The molecule has 1 saturated heterocycles. The van der Waals surface area contributed by atoms with Crippen molar-refractivity contribution in [3.63, 3.8) is 0 Å². The maximum atomic E-state index is 13.4. The van der Waals surface area contributed by atoms with Gasteiger partial charge in [-0.1, -0.05) is 6.07 Å². The molecule has 0 spiro atoms. The highest BCUT2D eigenvalue weighted by Crippen LogP contribution is 2.38. The van der Waals surface area contributed by atoms with Crippen LogP contribution in [0.15, 0.2) is 36.8 Å². The number of carbonyl (C=O) groups excluding carboxylic acids is 1. The first-order valence-corrected chi connectivity index (χ1v) is 7.29. The number of benzene rings is 1. The molecule has 23 heavy (non-hydrogen) atoms. The van der Waals surface area contributed by atoms with E-state index in [0.717, 1.165) is 18.6 Å². The molecule has 1 fully saturated rings. The van der Waals surface area contributed by atoms with Crippen molar-refractivity contribution in [1.29, 1.82) is 0 Å². The summed E-state index contributed by atoms with van der Waals surface area (Å²) in [5.41, 5.74) is 5.66. The number of halogens is 2. The molecule has 2 N–H and O–H groups in total. The smallest absolute Gasteiger partial charge is 0.244 e. The maximum Gasteiger partial charge on any atom is 0.244 e. The third-order valence-corrected chi connectivity index (χ3v) is 4.26. The Balaban J connectivity index is 1.96. The second-order valence-corrected chi connectivity index (χ2v) is 5.59. The van der Waals surface area contributed by atoms with Gasteiger partial charge in [-0.15, -0.1) is 0 Å². The van der Waals surface area contributed by atoms with E-state index in [2.05, 4.69) is 9.97 Å². The quantitative estimate of drug-likeness (QED) is 0.932. The van der Waals surface area contributed by atoms with E-state index in [9.17, 15) is 13.6 Å². The van der Waals surface area contributed by atoms with E-state index in [1.54, 1.807) is 0 Å². The highest BCUT2D eigenvalue weighted by molar-refractivity contribution is 5.86. The van der Waals surface area contributed by atoms with E-state index in [1.807, 2.05) is 4.90 Å². The largest absolute Gasteiger partial charge is 0.368 e. The predicted octanol–water partition coefficient (Wildman–Crippen LogP) is 1.73. The molecule has 0 saturated carbocycles. The summed E-state index contributed by atoms with van der Waals surface area (Å²) in [5, 5.41) is 0. The second-order valence-electron chi connectivity index (χ2n) is 5.59. The van der Waals surface area contributed by atoms with Crippen LogP contribution in [0.25, 0.3) is 0 Å². The van der Waals surface area contributed by atoms with Crippen LogP contribution in [0.4, 0.5) is 8.78 Å². The molecule has 1 atom stereocenters. The SMILES string of the molecule is NC(=O)[C@@]1(c2cnccn2)CCCN1Cc1ccc(F)c(F)c1. The van der Waals surface area contributed by atoms with Crippen LogP contribution < -0.4 is 5.73 Å². The van der Waals surface area contributed by atoms with Gasteiger partial charge in [-0.25, -0.2) is 8.78 Å². The van der Waals surface area contributed by atoms with Crippen LogP contribution in [0.1, 0.15) is 24.1 Å². The Morgan fingerprint density at radius 1 is 1.30 bits per heavy atom. The highest BCUT2D eigenvalue weighted by atomic mass is 19.2. The molecule has 0 radical (unpaired) electrons. The van der Waals surface area contributed by atoms with E-state index in [0.29, 0.717) is 24.2 Å². The number of carbonyl (C=O) groups is 1. The van der Waals surface area contributed by atoms with Crippen LogP contribution in [-0.4, -0.2) is 27.3 Å². The van der Waals surface area contributed by atoms with E-state index >= 15 is 0 Å². The number of nitrogens with zero attached hydrogens (tertiary/aromatic N) is 3. The summed E-state index contributed by atoms with van der Waals surface area (Å²) in [4.78, 5) is 22.3. The fourth-order valence-corrected chi connectivity index (χ4v) is 3.16. The second kappa shape index (κ2) is 6.00. The van der Waals surface area contributed by atoms with E-state index in [1.165, 1.54) is 24.7 Å². The molecular formula is C16H16F2N4O. The Hall–Kier alpha value is -2.41. The normalized spacial score (nSPS) is 21.5. The van der Waals surface area contributed by atoms with Gasteiger partial charge in [0.15, 0.2) is 11.6 Å². The molecule has 7 heteroatoms. The molecule has 2 aromatic rings. The molecule has 3 rings (SSSR count). The molecule has 0 bridgehead atoms. The molecule has 1 aromatic heterocycles. The molecule has 1 aliphatic heterocycles. The lowest BCUT2D eigenvalue weighted by Crippen LogP contribution is -2.51. The van der Waals surface area contributed by atoms with Crippen molar-refractivity contribution in [2.45, 2.75) is 24.9 Å². The van der Waals surface area contributed by atoms with Crippen LogP contribution in [0.2, 0.25) is 0 Å². The zero-order chi connectivity index (χ0) is 16.4. The molecule has 1 aromatic carbocycles. The first-order chi connectivity index (χ1) is 11.0. The molecule has 120 valence electrons. The first-order valence-electron chi connectivity index (χ1n) is 7.29. The van der Waals surface area contributed by atoms with Crippen LogP contribution in [0.3, 0.4) is 0 Å². The van der Waals surface area contributed by atoms with Gasteiger partial charge in [-0.3, -0.25) is 19.7 Å². The summed E-state index contributed by atoms with van der Waals surface area (Å²) < 4.78 is 26.5. The van der Waals surface area contributed by atoms with Crippen molar-refractivity contribution in [3.8, 4) is 0 Å². The van der Waals surface area contributed by atoms with Gasteiger partial charge >= 0.3 is 0 Å².